The van der Waals surface area contributed by atoms with Crippen LogP contribution in [0.2, 0.25) is 0 Å². The largest absolute Gasteiger partial charge is 0.507 e. The number of carbonyl (C=O) groups excluding carboxylic acids is 1. The number of ether oxygens (including phenoxy) is 1. The number of nitrogens with one attached hydrogen (secondary N) is 2. The number of hydrogen-bond acceptors (Lipinski definition) is 4. The first kappa shape index (κ1) is 14.7. The molecule has 0 saturated carbocycles. The zero-order valence-corrected chi connectivity index (χ0v) is 12.1. The van der Waals surface area contributed by atoms with Crippen LogP contribution in [0.5, 0.6) is 11.5 Å². The van der Waals surface area contributed by atoms with E-state index >= 15 is 0 Å². The molecule has 5 heteroatoms. The summed E-state index contributed by atoms with van der Waals surface area (Å²) in [4.78, 5) is 12.3. The number of hydrogen-bond donors (Lipinski definition) is 3. The maximum absolute atomic E-state index is 12.3. The molecule has 0 radical (unpaired) electrons. The molecular weight excluding hydrogens is 256 g/mol. The van der Waals surface area contributed by atoms with E-state index in [-0.39, 0.29) is 29.3 Å². The van der Waals surface area contributed by atoms with Gasteiger partial charge in [-0.1, -0.05) is 0 Å². The number of methoxy groups -OCH3 is 1. The van der Waals surface area contributed by atoms with Gasteiger partial charge in [-0.25, -0.2) is 0 Å². The molecule has 1 amide bonds. The van der Waals surface area contributed by atoms with Crippen molar-refractivity contribution in [2.45, 2.75) is 44.8 Å². The average molecular weight is 278 g/mol. The first-order valence-electron chi connectivity index (χ1n) is 6.95. The Morgan fingerprint density at radius 3 is 2.80 bits per heavy atom. The molecule has 20 heavy (non-hydrogen) atoms. The first-order valence-corrected chi connectivity index (χ1v) is 6.95. The minimum atomic E-state index is -0.269. The van der Waals surface area contributed by atoms with Gasteiger partial charge in [-0.15, -0.1) is 0 Å². The van der Waals surface area contributed by atoms with E-state index in [9.17, 15) is 9.90 Å². The lowest BCUT2D eigenvalue weighted by Crippen LogP contribution is -2.54. The number of aromatic hydroxyl groups is 1. The van der Waals surface area contributed by atoms with Crippen LogP contribution in [-0.4, -0.2) is 36.2 Å². The summed E-state index contributed by atoms with van der Waals surface area (Å²) in [6.45, 7) is 4.20. The van der Waals surface area contributed by atoms with Crippen LogP contribution in [0.4, 0.5) is 0 Å². The van der Waals surface area contributed by atoms with E-state index < -0.39 is 0 Å². The molecule has 1 aromatic rings. The number of phenolic OH excluding ortho intramolecular Hbond substituents is 1. The molecule has 1 aliphatic rings. The van der Waals surface area contributed by atoms with Crippen molar-refractivity contribution in [3.05, 3.63) is 23.8 Å². The molecule has 110 valence electrons. The second-order valence-electron chi connectivity index (χ2n) is 5.40. The average Bonchev–Trinajstić information content (AvgIpc) is 2.42. The fourth-order valence-electron chi connectivity index (χ4n) is 2.60. The second-order valence-corrected chi connectivity index (χ2v) is 5.40. The fraction of sp³-hybridized carbons (Fsp3) is 0.533. The number of piperidine rings is 1. The Morgan fingerprint density at radius 2 is 2.15 bits per heavy atom. The Balaban J connectivity index is 2.08. The van der Waals surface area contributed by atoms with Crippen molar-refractivity contribution < 1.29 is 14.6 Å². The summed E-state index contributed by atoms with van der Waals surface area (Å²) in [5.74, 6) is 0.249. The van der Waals surface area contributed by atoms with Crippen LogP contribution in [0, 0.1) is 0 Å². The van der Waals surface area contributed by atoms with Gasteiger partial charge in [0.2, 0.25) is 0 Å². The highest BCUT2D eigenvalue weighted by Crippen LogP contribution is 2.23. The van der Waals surface area contributed by atoms with E-state index in [1.807, 2.05) is 0 Å². The lowest BCUT2D eigenvalue weighted by Gasteiger charge is -2.34. The van der Waals surface area contributed by atoms with E-state index in [0.29, 0.717) is 11.8 Å². The number of rotatable bonds is 3. The summed E-state index contributed by atoms with van der Waals surface area (Å²) < 4.78 is 5.08. The predicted molar refractivity (Wildman–Crippen MR) is 77.2 cm³/mol. The molecule has 2 rings (SSSR count). The van der Waals surface area contributed by atoms with Gasteiger partial charge in [0.15, 0.2) is 0 Å². The smallest absolute Gasteiger partial charge is 0.255 e. The molecule has 1 aromatic carbocycles. The van der Waals surface area contributed by atoms with Crippen LogP contribution >= 0.6 is 0 Å². The molecule has 0 bridgehead atoms. The fourth-order valence-corrected chi connectivity index (χ4v) is 2.60. The molecule has 5 nitrogen and oxygen atoms in total. The third kappa shape index (κ3) is 3.22. The van der Waals surface area contributed by atoms with E-state index in [1.54, 1.807) is 12.1 Å². The normalized spacial score (nSPS) is 26.1. The number of amides is 1. The van der Waals surface area contributed by atoms with E-state index in [4.69, 9.17) is 4.74 Å². The topological polar surface area (TPSA) is 70.6 Å². The van der Waals surface area contributed by atoms with Gasteiger partial charge in [-0.2, -0.15) is 0 Å². The molecule has 1 saturated heterocycles. The predicted octanol–water partition coefficient (Wildman–Crippen LogP) is 1.66. The van der Waals surface area contributed by atoms with Crippen molar-refractivity contribution in [1.29, 1.82) is 0 Å². The van der Waals surface area contributed by atoms with Gasteiger partial charge < -0.3 is 20.5 Å². The Labute approximate surface area is 119 Å². The van der Waals surface area contributed by atoms with Gasteiger partial charge in [0, 0.05) is 18.1 Å². The summed E-state index contributed by atoms with van der Waals surface area (Å²) in [5, 5.41) is 16.2. The summed E-state index contributed by atoms with van der Waals surface area (Å²) in [5.41, 5.74) is 0.246. The van der Waals surface area contributed by atoms with Gasteiger partial charge >= 0.3 is 0 Å². The van der Waals surface area contributed by atoms with Crippen molar-refractivity contribution in [2.75, 3.05) is 7.11 Å². The third-order valence-electron chi connectivity index (χ3n) is 3.83. The van der Waals surface area contributed by atoms with Gasteiger partial charge in [0.25, 0.3) is 5.91 Å². The van der Waals surface area contributed by atoms with Crippen LogP contribution in [0.15, 0.2) is 18.2 Å². The molecule has 1 aliphatic heterocycles. The lowest BCUT2D eigenvalue weighted by atomic mass is 9.95. The quantitative estimate of drug-likeness (QED) is 0.786. The third-order valence-corrected chi connectivity index (χ3v) is 3.83. The summed E-state index contributed by atoms with van der Waals surface area (Å²) in [7, 11) is 1.53. The minimum Gasteiger partial charge on any atom is -0.507 e. The van der Waals surface area contributed by atoms with Crippen LogP contribution in [-0.2, 0) is 0 Å². The molecule has 1 fully saturated rings. The van der Waals surface area contributed by atoms with Crippen molar-refractivity contribution >= 4 is 5.91 Å². The maximum atomic E-state index is 12.3. The Hall–Kier alpha value is -1.75. The van der Waals surface area contributed by atoms with Crippen molar-refractivity contribution in [3.8, 4) is 11.5 Å². The minimum absolute atomic E-state index is 0.0342. The van der Waals surface area contributed by atoms with Gasteiger partial charge in [0.1, 0.15) is 11.5 Å². The Kier molecular flexibility index (Phi) is 4.49. The Morgan fingerprint density at radius 1 is 1.40 bits per heavy atom. The maximum Gasteiger partial charge on any atom is 0.255 e. The zero-order valence-electron chi connectivity index (χ0n) is 12.1. The van der Waals surface area contributed by atoms with Gasteiger partial charge in [-0.3, -0.25) is 4.79 Å². The number of benzene rings is 1. The number of phenols is 1. The van der Waals surface area contributed by atoms with Crippen LogP contribution < -0.4 is 15.4 Å². The molecule has 3 atom stereocenters. The van der Waals surface area contributed by atoms with E-state index in [2.05, 4.69) is 24.5 Å². The van der Waals surface area contributed by atoms with E-state index in [0.717, 1.165) is 12.8 Å². The van der Waals surface area contributed by atoms with Crippen LogP contribution in [0.3, 0.4) is 0 Å². The van der Waals surface area contributed by atoms with Gasteiger partial charge in [-0.05, 0) is 44.9 Å². The lowest BCUT2D eigenvalue weighted by molar-refractivity contribution is 0.0911. The van der Waals surface area contributed by atoms with Crippen molar-refractivity contribution in [3.63, 3.8) is 0 Å². The highest BCUT2D eigenvalue weighted by atomic mass is 16.5. The first-order chi connectivity index (χ1) is 9.51. The summed E-state index contributed by atoms with van der Waals surface area (Å²) in [6, 6.07) is 5.41. The summed E-state index contributed by atoms with van der Waals surface area (Å²) in [6.07, 6.45) is 1.96. The summed E-state index contributed by atoms with van der Waals surface area (Å²) >= 11 is 0. The second kappa shape index (κ2) is 6.13. The molecule has 3 N–H and O–H groups in total. The molecule has 0 aliphatic carbocycles. The molecule has 3 unspecified atom stereocenters. The Bertz CT molecular complexity index is 490. The molecule has 1 heterocycles. The highest BCUT2D eigenvalue weighted by molar-refractivity contribution is 5.97. The molecular formula is C15H22N2O3. The van der Waals surface area contributed by atoms with E-state index in [1.165, 1.54) is 13.2 Å². The zero-order chi connectivity index (χ0) is 14.7. The molecule has 0 spiro atoms. The van der Waals surface area contributed by atoms with Crippen molar-refractivity contribution in [1.82, 2.24) is 10.6 Å². The number of carbonyl (C=O) groups is 1. The molecule has 0 aromatic heterocycles. The monoisotopic (exact) mass is 278 g/mol. The standard InChI is InChI=1S/C15H22N2O3/c1-9-4-6-13(10(2)16-9)17-15(19)12-8-11(20-3)5-7-14(12)18/h5,7-10,13,16,18H,4,6H2,1-3H3,(H,17,19). The SMILES string of the molecule is COc1ccc(O)c(C(=O)NC2CCC(C)NC2C)c1. The van der Waals surface area contributed by atoms with Crippen LogP contribution in [0.25, 0.3) is 0 Å². The van der Waals surface area contributed by atoms with Crippen LogP contribution in [0.1, 0.15) is 37.0 Å². The van der Waals surface area contributed by atoms with Crippen molar-refractivity contribution in [2.24, 2.45) is 0 Å². The van der Waals surface area contributed by atoms with Gasteiger partial charge in [0.05, 0.1) is 12.7 Å². The highest BCUT2D eigenvalue weighted by Gasteiger charge is 2.26.